The van der Waals surface area contributed by atoms with Crippen LogP contribution in [-0.2, 0) is 30.1 Å². The Morgan fingerprint density at radius 1 is 0.667 bits per heavy atom. The minimum atomic E-state index is -3.03. The Kier molecular flexibility index (Phi) is 11.7. The van der Waals surface area contributed by atoms with Crippen molar-refractivity contribution in [2.24, 2.45) is 0 Å². The van der Waals surface area contributed by atoms with Gasteiger partial charge in [0.2, 0.25) is 30.1 Å². The molecule has 0 aliphatic heterocycles. The first kappa shape index (κ1) is 31.9. The van der Waals surface area contributed by atoms with Crippen LogP contribution in [0.4, 0.5) is 0 Å². The van der Waals surface area contributed by atoms with Crippen LogP contribution in [0.1, 0.15) is 82.1 Å². The molecule has 0 aromatic heterocycles. The summed E-state index contributed by atoms with van der Waals surface area (Å²) < 4.78 is 73.1. The van der Waals surface area contributed by atoms with Crippen molar-refractivity contribution in [1.29, 1.82) is 0 Å². The van der Waals surface area contributed by atoms with Crippen molar-refractivity contribution in [3.63, 3.8) is 0 Å². The highest BCUT2D eigenvalue weighted by molar-refractivity contribution is 7.90. The lowest BCUT2D eigenvalue weighted by atomic mass is 10.1. The van der Waals surface area contributed by atoms with Gasteiger partial charge in [-0.25, -0.2) is 39.4 Å². The van der Waals surface area contributed by atoms with E-state index in [0.717, 1.165) is 19.1 Å². The molecule has 9 nitrogen and oxygen atoms in total. The van der Waals surface area contributed by atoms with Gasteiger partial charge in [0.15, 0.2) is 0 Å². The van der Waals surface area contributed by atoms with Crippen LogP contribution in [0.5, 0.6) is 0 Å². The predicted octanol–water partition coefficient (Wildman–Crippen LogP) is 1.93. The number of rotatable bonds is 5. The molecule has 1 rings (SSSR count). The van der Waals surface area contributed by atoms with Crippen molar-refractivity contribution in [1.82, 2.24) is 14.2 Å². The fourth-order valence-electron chi connectivity index (χ4n) is 1.98. The van der Waals surface area contributed by atoms with E-state index in [0.29, 0.717) is 0 Å². The smallest absolute Gasteiger partial charge is 0.213 e. The van der Waals surface area contributed by atoms with Gasteiger partial charge in [0.05, 0.1) is 17.3 Å². The van der Waals surface area contributed by atoms with Crippen LogP contribution in [-0.4, -0.2) is 59.1 Å². The molecule has 3 N–H and O–H groups in total. The van der Waals surface area contributed by atoms with E-state index in [1.54, 1.807) is 27.7 Å². The Hall–Kier alpha value is -0.270. The molecule has 0 atom stereocenters. The predicted molar refractivity (Wildman–Crippen MR) is 125 cm³/mol. The van der Waals surface area contributed by atoms with Crippen LogP contribution >= 0.6 is 0 Å². The maximum absolute atomic E-state index is 11.3. The zero-order valence-corrected chi connectivity index (χ0v) is 22.8. The van der Waals surface area contributed by atoms with Crippen LogP contribution in [0.25, 0.3) is 0 Å². The standard InChI is InChI=1S/C7H15NO2S.C6H15NO2S.C5H13NO2S/c1-7(2,3)8-11(9,10)6-4-5-6;1-5-10(8,9)7-6(2,3)4;1-5(2,3)6-9(4,7)8/h6,8H,4-5H2,1-3H3;7H,5H2,1-4H3;6H,1-4H3. The van der Waals surface area contributed by atoms with Gasteiger partial charge >= 0.3 is 0 Å². The molecule has 0 spiro atoms. The lowest BCUT2D eigenvalue weighted by molar-refractivity contribution is 0.489. The van der Waals surface area contributed by atoms with Crippen LogP contribution < -0.4 is 14.2 Å². The van der Waals surface area contributed by atoms with Crippen molar-refractivity contribution in [2.75, 3.05) is 12.0 Å². The SMILES string of the molecule is CC(C)(C)NS(=O)(=O)C1CC1.CC(C)(C)NS(C)(=O)=O.CCS(=O)(=O)NC(C)(C)C. The van der Waals surface area contributed by atoms with Gasteiger partial charge in [-0.1, -0.05) is 0 Å². The van der Waals surface area contributed by atoms with Gasteiger partial charge in [-0.05, 0) is 82.1 Å². The first-order valence-electron chi connectivity index (χ1n) is 9.82. The van der Waals surface area contributed by atoms with Crippen molar-refractivity contribution in [2.45, 2.75) is 104 Å². The fraction of sp³-hybridized carbons (Fsp3) is 1.00. The summed E-state index contributed by atoms with van der Waals surface area (Å²) in [6.07, 6.45) is 2.80. The molecule has 0 heterocycles. The second kappa shape index (κ2) is 11.0. The third kappa shape index (κ3) is 22.4. The van der Waals surface area contributed by atoms with Crippen LogP contribution in [0.15, 0.2) is 0 Å². The largest absolute Gasteiger partial charge is 0.214 e. The topological polar surface area (TPSA) is 139 Å². The Labute approximate surface area is 185 Å². The van der Waals surface area contributed by atoms with E-state index in [2.05, 4.69) is 14.2 Å². The van der Waals surface area contributed by atoms with E-state index in [1.807, 2.05) is 41.5 Å². The number of hydrogen-bond donors (Lipinski definition) is 3. The van der Waals surface area contributed by atoms with Crippen molar-refractivity contribution >= 4 is 30.1 Å². The van der Waals surface area contributed by atoms with E-state index in [9.17, 15) is 25.3 Å². The second-order valence-corrected chi connectivity index (χ2v) is 16.2. The zero-order valence-electron chi connectivity index (χ0n) is 20.4. The molecule has 30 heavy (non-hydrogen) atoms. The summed E-state index contributed by atoms with van der Waals surface area (Å²) in [5.74, 6) is 0.143. The third-order valence-corrected chi connectivity index (χ3v) is 7.66. The van der Waals surface area contributed by atoms with Gasteiger partial charge in [-0.3, -0.25) is 0 Å². The maximum atomic E-state index is 11.3. The molecule has 1 saturated carbocycles. The molecule has 0 aromatic carbocycles. The van der Waals surface area contributed by atoms with Gasteiger partial charge in [-0.2, -0.15) is 0 Å². The molecule has 184 valence electrons. The molecule has 12 heteroatoms. The van der Waals surface area contributed by atoms with Crippen molar-refractivity contribution < 1.29 is 25.3 Å². The molecule has 0 bridgehead atoms. The van der Waals surface area contributed by atoms with Crippen LogP contribution in [0.2, 0.25) is 0 Å². The summed E-state index contributed by atoms with van der Waals surface area (Å²) in [7, 11) is -9.05. The Balaban J connectivity index is 0. The normalized spacial score (nSPS) is 16.1. The van der Waals surface area contributed by atoms with E-state index >= 15 is 0 Å². The highest BCUT2D eigenvalue weighted by Crippen LogP contribution is 2.28. The van der Waals surface area contributed by atoms with Crippen LogP contribution in [0.3, 0.4) is 0 Å². The number of nitrogens with one attached hydrogen (secondary N) is 3. The van der Waals surface area contributed by atoms with Gasteiger partial charge in [0.1, 0.15) is 0 Å². The molecular formula is C18H43N3O6S3. The average molecular weight is 494 g/mol. The lowest BCUT2D eigenvalue weighted by Gasteiger charge is -2.19. The molecular weight excluding hydrogens is 450 g/mol. The first-order chi connectivity index (χ1) is 12.8. The molecule has 0 amide bonds. The minimum Gasteiger partial charge on any atom is -0.213 e. The van der Waals surface area contributed by atoms with E-state index in [4.69, 9.17) is 0 Å². The summed E-state index contributed by atoms with van der Waals surface area (Å²) in [4.78, 5) is 0. The summed E-state index contributed by atoms with van der Waals surface area (Å²) in [5, 5.41) is -0.110. The highest BCUT2D eigenvalue weighted by atomic mass is 32.2. The molecule has 1 fully saturated rings. The molecule has 1 aliphatic carbocycles. The average Bonchev–Trinajstić information content (AvgIpc) is 3.13. The first-order valence-corrected chi connectivity index (χ1v) is 14.9. The Morgan fingerprint density at radius 3 is 1.13 bits per heavy atom. The van der Waals surface area contributed by atoms with Gasteiger partial charge in [-0.15, -0.1) is 0 Å². The fourth-order valence-corrected chi connectivity index (χ4v) is 5.95. The van der Waals surface area contributed by atoms with Gasteiger partial charge in [0.25, 0.3) is 0 Å². The maximum Gasteiger partial charge on any atom is 0.214 e. The van der Waals surface area contributed by atoms with Crippen molar-refractivity contribution in [3.05, 3.63) is 0 Å². The quantitative estimate of drug-likeness (QED) is 0.535. The summed E-state index contributed by atoms with van der Waals surface area (Å²) >= 11 is 0. The van der Waals surface area contributed by atoms with Gasteiger partial charge < -0.3 is 0 Å². The Morgan fingerprint density at radius 2 is 1.00 bits per heavy atom. The molecule has 0 radical (unpaired) electrons. The molecule has 1 aliphatic rings. The zero-order chi connectivity index (χ0) is 24.8. The summed E-state index contributed by atoms with van der Waals surface area (Å²) in [6.45, 7) is 18.0. The summed E-state index contributed by atoms with van der Waals surface area (Å²) in [6, 6.07) is 0. The van der Waals surface area contributed by atoms with E-state index < -0.39 is 30.1 Å². The molecule has 0 unspecified atom stereocenters. The minimum absolute atomic E-state index is 0.110. The second-order valence-electron chi connectivity index (χ2n) is 10.5. The van der Waals surface area contributed by atoms with Crippen LogP contribution in [0, 0.1) is 0 Å². The Bertz CT molecular complexity index is 825. The third-order valence-electron chi connectivity index (χ3n) is 2.74. The molecule has 0 aromatic rings. The highest BCUT2D eigenvalue weighted by Gasteiger charge is 2.37. The van der Waals surface area contributed by atoms with Crippen molar-refractivity contribution in [3.8, 4) is 0 Å². The van der Waals surface area contributed by atoms with E-state index in [1.165, 1.54) is 0 Å². The lowest BCUT2D eigenvalue weighted by Crippen LogP contribution is -2.42. The monoisotopic (exact) mass is 493 g/mol. The van der Waals surface area contributed by atoms with E-state index in [-0.39, 0.29) is 27.6 Å². The number of sulfonamides is 3. The molecule has 0 saturated heterocycles. The van der Waals surface area contributed by atoms with Gasteiger partial charge in [0, 0.05) is 16.6 Å². The number of hydrogen-bond acceptors (Lipinski definition) is 6. The summed E-state index contributed by atoms with van der Waals surface area (Å²) in [5.41, 5.74) is -1.04.